The molecule has 122 valence electrons. The molecule has 1 aliphatic rings. The number of benzene rings is 1. The second-order valence-electron chi connectivity index (χ2n) is 6.00. The largest absolute Gasteiger partial charge is 0.480 e. The predicted octanol–water partition coefficient (Wildman–Crippen LogP) is 2.49. The number of aliphatic carboxylic acids is 1. The van der Waals surface area contributed by atoms with Gasteiger partial charge in [0.15, 0.2) is 0 Å². The molecular weight excluding hydrogens is 312 g/mol. The van der Waals surface area contributed by atoms with Crippen molar-refractivity contribution in [3.63, 3.8) is 0 Å². The average Bonchev–Trinajstić information content (AvgIpc) is 2.84. The molecule has 1 aliphatic heterocycles. The summed E-state index contributed by atoms with van der Waals surface area (Å²) >= 11 is 1.73. The molecule has 23 heavy (non-hydrogen) atoms. The lowest BCUT2D eigenvalue weighted by Crippen LogP contribution is -2.56. The number of H-pyrrole nitrogens is 1. The lowest BCUT2D eigenvalue weighted by Gasteiger charge is -2.33. The van der Waals surface area contributed by atoms with Gasteiger partial charge in [0, 0.05) is 16.6 Å². The van der Waals surface area contributed by atoms with Gasteiger partial charge in [0.25, 0.3) is 0 Å². The Balaban J connectivity index is 1.80. The van der Waals surface area contributed by atoms with E-state index < -0.39 is 11.5 Å². The maximum atomic E-state index is 12.5. The summed E-state index contributed by atoms with van der Waals surface area (Å²) in [7, 11) is 0. The van der Waals surface area contributed by atoms with E-state index in [9.17, 15) is 14.7 Å². The second kappa shape index (κ2) is 6.28. The number of fused-ring (bicyclic) bond motifs is 1. The van der Waals surface area contributed by atoms with Gasteiger partial charge in [0.1, 0.15) is 5.54 Å². The smallest absolute Gasteiger partial charge is 0.329 e. The number of thioether (sulfide) groups is 1. The standard InChI is InChI=1S/C17H20N2O3S/c1-11-13(12-4-2-3-5-14(12)18-11)10-15(20)19-17(16(21)22)6-8-23-9-7-17/h2-5,18H,6-10H2,1H3,(H,19,20)(H,21,22). The molecule has 0 aliphatic carbocycles. The summed E-state index contributed by atoms with van der Waals surface area (Å²) < 4.78 is 0. The zero-order chi connectivity index (χ0) is 16.4. The third-order valence-corrected chi connectivity index (χ3v) is 5.48. The maximum Gasteiger partial charge on any atom is 0.329 e. The van der Waals surface area contributed by atoms with Crippen LogP contribution in [0.1, 0.15) is 24.1 Å². The van der Waals surface area contributed by atoms with Crippen LogP contribution in [0.5, 0.6) is 0 Å². The van der Waals surface area contributed by atoms with Crippen LogP contribution in [0.3, 0.4) is 0 Å². The summed E-state index contributed by atoms with van der Waals surface area (Å²) in [5.41, 5.74) is 1.77. The third kappa shape index (κ3) is 3.08. The number of carbonyl (C=O) groups excluding carboxylic acids is 1. The van der Waals surface area contributed by atoms with Crippen LogP contribution in [0.4, 0.5) is 0 Å². The molecule has 0 unspecified atom stereocenters. The van der Waals surface area contributed by atoms with E-state index in [1.807, 2.05) is 31.2 Å². The average molecular weight is 332 g/mol. The molecular formula is C17H20N2O3S. The molecule has 1 fully saturated rings. The number of carbonyl (C=O) groups is 2. The Bertz CT molecular complexity index is 747. The van der Waals surface area contributed by atoms with Crippen molar-refractivity contribution >= 4 is 34.5 Å². The van der Waals surface area contributed by atoms with Gasteiger partial charge in [-0.3, -0.25) is 4.79 Å². The van der Waals surface area contributed by atoms with Gasteiger partial charge in [0.2, 0.25) is 5.91 Å². The minimum Gasteiger partial charge on any atom is -0.480 e. The molecule has 5 nitrogen and oxygen atoms in total. The molecule has 3 rings (SSSR count). The van der Waals surface area contributed by atoms with E-state index in [2.05, 4.69) is 10.3 Å². The highest BCUT2D eigenvalue weighted by molar-refractivity contribution is 7.99. The molecule has 0 radical (unpaired) electrons. The normalized spacial score (nSPS) is 17.1. The van der Waals surface area contributed by atoms with E-state index in [1.54, 1.807) is 11.8 Å². The molecule has 0 spiro atoms. The van der Waals surface area contributed by atoms with Crippen molar-refractivity contribution in [2.75, 3.05) is 11.5 Å². The number of carboxylic acids is 1. The Kier molecular flexibility index (Phi) is 4.35. The van der Waals surface area contributed by atoms with E-state index in [1.165, 1.54) is 0 Å². The fourth-order valence-corrected chi connectivity index (χ4v) is 4.34. The van der Waals surface area contributed by atoms with Crippen molar-refractivity contribution in [3.05, 3.63) is 35.5 Å². The van der Waals surface area contributed by atoms with Gasteiger partial charge < -0.3 is 15.4 Å². The predicted molar refractivity (Wildman–Crippen MR) is 91.8 cm³/mol. The quantitative estimate of drug-likeness (QED) is 0.803. The molecule has 0 atom stereocenters. The summed E-state index contributed by atoms with van der Waals surface area (Å²) in [6.07, 6.45) is 1.15. The first-order chi connectivity index (χ1) is 11.0. The molecule has 2 heterocycles. The van der Waals surface area contributed by atoms with Crippen LogP contribution < -0.4 is 5.32 Å². The molecule has 3 N–H and O–H groups in total. The fraction of sp³-hybridized carbons (Fsp3) is 0.412. The Morgan fingerprint density at radius 1 is 1.30 bits per heavy atom. The minimum absolute atomic E-state index is 0.192. The highest BCUT2D eigenvalue weighted by Crippen LogP contribution is 2.28. The van der Waals surface area contributed by atoms with Gasteiger partial charge >= 0.3 is 5.97 Å². The fourth-order valence-electron chi connectivity index (χ4n) is 3.15. The van der Waals surface area contributed by atoms with Crippen LogP contribution in [0, 0.1) is 6.92 Å². The minimum atomic E-state index is -1.11. The molecule has 0 saturated carbocycles. The Labute approximate surface area is 138 Å². The first kappa shape index (κ1) is 15.9. The number of para-hydroxylation sites is 1. The summed E-state index contributed by atoms with van der Waals surface area (Å²) in [6, 6.07) is 7.84. The van der Waals surface area contributed by atoms with Crippen molar-refractivity contribution in [3.8, 4) is 0 Å². The highest BCUT2D eigenvalue weighted by Gasteiger charge is 2.41. The van der Waals surface area contributed by atoms with E-state index in [4.69, 9.17) is 0 Å². The van der Waals surface area contributed by atoms with Gasteiger partial charge in [-0.1, -0.05) is 18.2 Å². The van der Waals surface area contributed by atoms with E-state index in [0.717, 1.165) is 33.7 Å². The maximum absolute atomic E-state index is 12.5. The van der Waals surface area contributed by atoms with Crippen LogP contribution >= 0.6 is 11.8 Å². The highest BCUT2D eigenvalue weighted by atomic mass is 32.2. The molecule has 1 aromatic carbocycles. The van der Waals surface area contributed by atoms with Gasteiger partial charge in [-0.2, -0.15) is 11.8 Å². The van der Waals surface area contributed by atoms with Crippen LogP contribution in [-0.2, 0) is 16.0 Å². The monoisotopic (exact) mass is 332 g/mol. The number of hydrogen-bond donors (Lipinski definition) is 3. The third-order valence-electron chi connectivity index (χ3n) is 4.50. The van der Waals surface area contributed by atoms with Crippen LogP contribution in [0.15, 0.2) is 24.3 Å². The number of hydrogen-bond acceptors (Lipinski definition) is 3. The summed E-state index contributed by atoms with van der Waals surface area (Å²) in [5, 5.41) is 13.4. The van der Waals surface area contributed by atoms with Crippen molar-refractivity contribution in [1.29, 1.82) is 0 Å². The van der Waals surface area contributed by atoms with Crippen LogP contribution in [0.2, 0.25) is 0 Å². The lowest BCUT2D eigenvalue weighted by molar-refractivity contribution is -0.148. The van der Waals surface area contributed by atoms with Crippen LogP contribution in [-0.4, -0.2) is 39.0 Å². The molecule has 0 bridgehead atoms. The van der Waals surface area contributed by atoms with E-state index >= 15 is 0 Å². The molecule has 2 aromatic rings. The number of amides is 1. The Hall–Kier alpha value is -1.95. The zero-order valence-electron chi connectivity index (χ0n) is 13.0. The topological polar surface area (TPSA) is 82.2 Å². The number of rotatable bonds is 4. The number of aryl methyl sites for hydroxylation is 1. The van der Waals surface area contributed by atoms with E-state index in [0.29, 0.717) is 12.8 Å². The van der Waals surface area contributed by atoms with Crippen LogP contribution in [0.25, 0.3) is 10.9 Å². The number of aromatic nitrogens is 1. The molecule has 1 amide bonds. The molecule has 1 aromatic heterocycles. The van der Waals surface area contributed by atoms with E-state index in [-0.39, 0.29) is 12.3 Å². The molecule has 1 saturated heterocycles. The first-order valence-electron chi connectivity index (χ1n) is 7.70. The zero-order valence-corrected chi connectivity index (χ0v) is 13.8. The van der Waals surface area contributed by atoms with Gasteiger partial charge in [-0.15, -0.1) is 0 Å². The number of aromatic amines is 1. The first-order valence-corrected chi connectivity index (χ1v) is 8.86. The van der Waals surface area contributed by atoms with Gasteiger partial charge in [0.05, 0.1) is 6.42 Å². The van der Waals surface area contributed by atoms with Gasteiger partial charge in [-0.25, -0.2) is 4.79 Å². The van der Waals surface area contributed by atoms with Crippen molar-refractivity contribution in [2.24, 2.45) is 0 Å². The van der Waals surface area contributed by atoms with Crippen molar-refractivity contribution in [2.45, 2.75) is 31.7 Å². The summed E-state index contributed by atoms with van der Waals surface area (Å²) in [5.74, 6) is 0.367. The second-order valence-corrected chi connectivity index (χ2v) is 7.22. The summed E-state index contributed by atoms with van der Waals surface area (Å²) in [4.78, 5) is 27.4. The SMILES string of the molecule is Cc1[nH]c2ccccc2c1CC(=O)NC1(C(=O)O)CCSCC1. The summed E-state index contributed by atoms with van der Waals surface area (Å²) in [6.45, 7) is 1.94. The van der Waals surface area contributed by atoms with Gasteiger partial charge in [-0.05, 0) is 42.9 Å². The lowest BCUT2D eigenvalue weighted by atomic mass is 9.91. The number of carboxylic acid groups (broad SMARTS) is 1. The molecule has 6 heteroatoms. The number of nitrogens with one attached hydrogen (secondary N) is 2. The van der Waals surface area contributed by atoms with Crippen molar-refractivity contribution in [1.82, 2.24) is 10.3 Å². The Morgan fingerprint density at radius 3 is 2.70 bits per heavy atom. The van der Waals surface area contributed by atoms with Crippen molar-refractivity contribution < 1.29 is 14.7 Å². The Morgan fingerprint density at radius 2 is 2.00 bits per heavy atom.